The smallest absolute Gasteiger partial charge is 0.224 e. The Labute approximate surface area is 207 Å². The van der Waals surface area contributed by atoms with E-state index < -0.39 is 23.0 Å². The average molecular weight is 490 g/mol. The minimum absolute atomic E-state index is 0.0667. The molecule has 186 valence electrons. The van der Waals surface area contributed by atoms with E-state index in [-0.39, 0.29) is 42.3 Å². The Morgan fingerprint density at radius 2 is 1.88 bits per heavy atom. The van der Waals surface area contributed by atoms with Gasteiger partial charge in [-0.2, -0.15) is 5.26 Å². The zero-order chi connectivity index (χ0) is 25.7. The molecular formula is C26H36ClN3O4. The van der Waals surface area contributed by atoms with E-state index in [2.05, 4.69) is 16.7 Å². The molecule has 34 heavy (non-hydrogen) atoms. The molecule has 1 aromatic rings. The van der Waals surface area contributed by atoms with Crippen molar-refractivity contribution in [2.75, 3.05) is 6.54 Å². The first-order valence-electron chi connectivity index (χ1n) is 11.8. The molecule has 1 saturated heterocycles. The van der Waals surface area contributed by atoms with Gasteiger partial charge < -0.3 is 15.7 Å². The predicted molar refractivity (Wildman–Crippen MR) is 131 cm³/mol. The molecule has 1 fully saturated rings. The summed E-state index contributed by atoms with van der Waals surface area (Å²) in [6, 6.07) is 7.96. The highest BCUT2D eigenvalue weighted by Crippen LogP contribution is 2.42. The predicted octanol–water partition coefficient (Wildman–Crippen LogP) is 3.73. The summed E-state index contributed by atoms with van der Waals surface area (Å²) in [7, 11) is 0. The highest BCUT2D eigenvalue weighted by atomic mass is 35.5. The van der Waals surface area contributed by atoms with Crippen molar-refractivity contribution in [3.8, 4) is 6.07 Å². The Morgan fingerprint density at radius 3 is 2.38 bits per heavy atom. The standard InChI is InChI=1S/C26H36ClN3O4/c1-16(2)12-18(24(33)30-21(15-28)13-17-10-11-29-23(17)32)14-22(31)25(3,4)26(5,34)19-6-8-20(27)9-7-19/h6-9,16-18,21,34H,10-14H2,1-5H3,(H,29,32)(H,30,33)/t17-,18+,21-,26?/m0/s1. The Bertz CT molecular complexity index is 934. The van der Waals surface area contributed by atoms with Crippen LogP contribution < -0.4 is 10.6 Å². The summed E-state index contributed by atoms with van der Waals surface area (Å²) in [6.45, 7) is 9.43. The molecular weight excluding hydrogens is 454 g/mol. The third-order valence-corrected chi connectivity index (χ3v) is 7.29. The number of ketones is 1. The molecule has 0 radical (unpaired) electrons. The third kappa shape index (κ3) is 6.58. The Kier molecular flexibility index (Phi) is 9.27. The lowest BCUT2D eigenvalue weighted by atomic mass is 9.67. The van der Waals surface area contributed by atoms with Crippen LogP contribution in [-0.2, 0) is 20.0 Å². The van der Waals surface area contributed by atoms with Crippen molar-refractivity contribution >= 4 is 29.2 Å². The Hall–Kier alpha value is -2.43. The summed E-state index contributed by atoms with van der Waals surface area (Å²) in [6.07, 6.45) is 1.27. The van der Waals surface area contributed by atoms with Crippen LogP contribution in [0.15, 0.2) is 24.3 Å². The first kappa shape index (κ1) is 27.8. The molecule has 4 atom stereocenters. The third-order valence-electron chi connectivity index (χ3n) is 7.03. The van der Waals surface area contributed by atoms with Gasteiger partial charge >= 0.3 is 0 Å². The van der Waals surface area contributed by atoms with E-state index in [1.54, 1.807) is 45.0 Å². The van der Waals surface area contributed by atoms with Crippen LogP contribution >= 0.6 is 11.6 Å². The van der Waals surface area contributed by atoms with Crippen LogP contribution in [0, 0.1) is 34.5 Å². The fourth-order valence-corrected chi connectivity index (χ4v) is 4.45. The molecule has 2 rings (SSSR count). The SMILES string of the molecule is CC(C)C[C@H](CC(=O)C(C)(C)C(C)(O)c1ccc(Cl)cc1)C(=O)N[C@H](C#N)C[C@@H]1CCNC1=O. The summed E-state index contributed by atoms with van der Waals surface area (Å²) in [5, 5.41) is 26.9. The highest BCUT2D eigenvalue weighted by molar-refractivity contribution is 6.30. The second kappa shape index (κ2) is 11.3. The van der Waals surface area contributed by atoms with Crippen molar-refractivity contribution in [1.82, 2.24) is 10.6 Å². The van der Waals surface area contributed by atoms with Gasteiger partial charge in [0.1, 0.15) is 11.8 Å². The van der Waals surface area contributed by atoms with Gasteiger partial charge in [-0.1, -0.05) is 37.6 Å². The molecule has 0 spiro atoms. The molecule has 1 aliphatic rings. The number of nitrogens with one attached hydrogen (secondary N) is 2. The zero-order valence-corrected chi connectivity index (χ0v) is 21.4. The van der Waals surface area contributed by atoms with Crippen molar-refractivity contribution in [2.24, 2.45) is 23.2 Å². The first-order valence-corrected chi connectivity index (χ1v) is 12.2. The number of rotatable bonds is 11. The molecule has 1 heterocycles. The van der Waals surface area contributed by atoms with E-state index in [1.165, 1.54) is 0 Å². The summed E-state index contributed by atoms with van der Waals surface area (Å²) in [4.78, 5) is 38.4. The van der Waals surface area contributed by atoms with Gasteiger partial charge in [0.2, 0.25) is 11.8 Å². The van der Waals surface area contributed by atoms with Crippen LogP contribution in [-0.4, -0.2) is 35.3 Å². The second-order valence-electron chi connectivity index (χ2n) is 10.4. The maximum atomic E-state index is 13.4. The Morgan fingerprint density at radius 1 is 1.26 bits per heavy atom. The quantitative estimate of drug-likeness (QED) is 0.437. The summed E-state index contributed by atoms with van der Waals surface area (Å²) in [5.74, 6) is -1.55. The van der Waals surface area contributed by atoms with Gasteiger partial charge in [-0.15, -0.1) is 0 Å². The number of nitrogens with zero attached hydrogens (tertiary/aromatic N) is 1. The van der Waals surface area contributed by atoms with Crippen molar-refractivity contribution in [3.63, 3.8) is 0 Å². The van der Waals surface area contributed by atoms with Crippen molar-refractivity contribution in [1.29, 1.82) is 5.26 Å². The number of Topliss-reactive ketones (excluding diaryl/α,β-unsaturated/α-hetero) is 1. The minimum Gasteiger partial charge on any atom is -0.384 e. The van der Waals surface area contributed by atoms with E-state index in [4.69, 9.17) is 11.6 Å². The van der Waals surface area contributed by atoms with Gasteiger partial charge in [0, 0.05) is 29.8 Å². The van der Waals surface area contributed by atoms with Gasteiger partial charge in [0.05, 0.1) is 17.1 Å². The molecule has 0 aromatic heterocycles. The number of aliphatic hydroxyl groups is 1. The Balaban J connectivity index is 2.16. The molecule has 1 aliphatic heterocycles. The molecule has 0 saturated carbocycles. The summed E-state index contributed by atoms with van der Waals surface area (Å²) in [5.41, 5.74) is -2.12. The average Bonchev–Trinajstić information content (AvgIpc) is 3.16. The zero-order valence-electron chi connectivity index (χ0n) is 20.7. The fraction of sp³-hybridized carbons (Fsp3) is 0.615. The van der Waals surface area contributed by atoms with Crippen LogP contribution in [0.3, 0.4) is 0 Å². The van der Waals surface area contributed by atoms with Crippen LogP contribution in [0.1, 0.15) is 65.9 Å². The summed E-state index contributed by atoms with van der Waals surface area (Å²) >= 11 is 5.97. The van der Waals surface area contributed by atoms with Crippen LogP contribution in [0.25, 0.3) is 0 Å². The van der Waals surface area contributed by atoms with E-state index in [1.807, 2.05) is 13.8 Å². The van der Waals surface area contributed by atoms with Crippen molar-refractivity contribution in [2.45, 2.75) is 71.9 Å². The number of carbonyl (C=O) groups excluding carboxylic acids is 3. The van der Waals surface area contributed by atoms with Gasteiger partial charge in [0.25, 0.3) is 0 Å². The monoisotopic (exact) mass is 489 g/mol. The maximum Gasteiger partial charge on any atom is 0.224 e. The molecule has 3 N–H and O–H groups in total. The van der Waals surface area contributed by atoms with Gasteiger partial charge in [-0.05, 0) is 63.6 Å². The van der Waals surface area contributed by atoms with E-state index in [0.717, 1.165) is 0 Å². The van der Waals surface area contributed by atoms with Gasteiger partial charge in [0.15, 0.2) is 0 Å². The van der Waals surface area contributed by atoms with Gasteiger partial charge in [-0.25, -0.2) is 0 Å². The topological polar surface area (TPSA) is 119 Å². The second-order valence-corrected chi connectivity index (χ2v) is 10.8. The molecule has 1 aromatic carbocycles. The first-order chi connectivity index (χ1) is 15.8. The number of nitriles is 1. The summed E-state index contributed by atoms with van der Waals surface area (Å²) < 4.78 is 0. The normalized spacial score (nSPS) is 19.6. The number of benzene rings is 1. The lowest BCUT2D eigenvalue weighted by Crippen LogP contribution is -2.47. The lowest BCUT2D eigenvalue weighted by Gasteiger charge is -2.40. The van der Waals surface area contributed by atoms with Crippen LogP contribution in [0.2, 0.25) is 5.02 Å². The van der Waals surface area contributed by atoms with Crippen LogP contribution in [0.4, 0.5) is 0 Å². The van der Waals surface area contributed by atoms with Crippen LogP contribution in [0.5, 0.6) is 0 Å². The largest absolute Gasteiger partial charge is 0.384 e. The van der Waals surface area contributed by atoms with Crippen molar-refractivity contribution < 1.29 is 19.5 Å². The van der Waals surface area contributed by atoms with E-state index in [0.29, 0.717) is 30.0 Å². The highest BCUT2D eigenvalue weighted by Gasteiger charge is 2.47. The van der Waals surface area contributed by atoms with Gasteiger partial charge in [-0.3, -0.25) is 14.4 Å². The molecule has 8 heteroatoms. The number of hydrogen-bond donors (Lipinski definition) is 3. The molecule has 1 unspecified atom stereocenters. The molecule has 2 amide bonds. The van der Waals surface area contributed by atoms with Crippen molar-refractivity contribution in [3.05, 3.63) is 34.9 Å². The number of halogens is 1. The molecule has 7 nitrogen and oxygen atoms in total. The lowest BCUT2D eigenvalue weighted by molar-refractivity contribution is -0.146. The minimum atomic E-state index is -1.49. The molecule has 0 aliphatic carbocycles. The number of amides is 2. The van der Waals surface area contributed by atoms with E-state index >= 15 is 0 Å². The molecule has 0 bridgehead atoms. The van der Waals surface area contributed by atoms with E-state index in [9.17, 15) is 24.8 Å². The number of hydrogen-bond acceptors (Lipinski definition) is 5. The maximum absolute atomic E-state index is 13.4. The fourth-order valence-electron chi connectivity index (χ4n) is 4.33. The number of carbonyl (C=O) groups is 3.